The molecule has 2 fully saturated rings. The first-order valence-electron chi connectivity index (χ1n) is 11.0. The van der Waals surface area contributed by atoms with Crippen LogP contribution in [0.1, 0.15) is 61.3 Å². The highest BCUT2D eigenvalue weighted by atomic mass is 16.7. The number of hydrogen-bond donors (Lipinski definition) is 1. The molecule has 0 unspecified atom stereocenters. The molecule has 0 aliphatic carbocycles. The van der Waals surface area contributed by atoms with E-state index in [1.165, 1.54) is 0 Å². The van der Waals surface area contributed by atoms with E-state index in [0.717, 1.165) is 18.3 Å². The Morgan fingerprint density at radius 1 is 1.16 bits per heavy atom. The lowest BCUT2D eigenvalue weighted by atomic mass is 9.79. The van der Waals surface area contributed by atoms with Gasteiger partial charge in [-0.1, -0.05) is 12.1 Å². The van der Waals surface area contributed by atoms with Crippen LogP contribution in [0.2, 0.25) is 0 Å². The van der Waals surface area contributed by atoms with Gasteiger partial charge in [0.25, 0.3) is 0 Å². The molecule has 1 N–H and O–H groups in total. The van der Waals surface area contributed by atoms with Gasteiger partial charge < -0.3 is 24.3 Å². The molecular formula is C23H35BN2O5. The minimum atomic E-state index is -0.555. The van der Waals surface area contributed by atoms with Crippen molar-refractivity contribution < 1.29 is 23.6 Å². The van der Waals surface area contributed by atoms with Gasteiger partial charge in [-0.05, 0) is 78.9 Å². The summed E-state index contributed by atoms with van der Waals surface area (Å²) in [6, 6.07) is 7.54. The summed E-state index contributed by atoms with van der Waals surface area (Å²) in [6.45, 7) is 14.5. The maximum atomic E-state index is 12.9. The Labute approximate surface area is 185 Å². The fourth-order valence-electron chi connectivity index (χ4n) is 3.67. The average molecular weight is 430 g/mol. The molecule has 0 spiro atoms. The second kappa shape index (κ2) is 8.47. The Kier molecular flexibility index (Phi) is 6.45. The number of likely N-dealkylation sites (tertiary alicyclic amines) is 1. The van der Waals surface area contributed by atoms with Crippen molar-refractivity contribution in [2.45, 2.75) is 78.1 Å². The van der Waals surface area contributed by atoms with Gasteiger partial charge in [-0.2, -0.15) is 0 Å². The van der Waals surface area contributed by atoms with Gasteiger partial charge in [0.2, 0.25) is 5.91 Å². The minimum Gasteiger partial charge on any atom is -0.444 e. The maximum Gasteiger partial charge on any atom is 0.494 e. The molecule has 0 bridgehead atoms. The zero-order chi connectivity index (χ0) is 23.0. The highest BCUT2D eigenvalue weighted by molar-refractivity contribution is 6.62. The predicted molar refractivity (Wildman–Crippen MR) is 121 cm³/mol. The number of hydrogen-bond acceptors (Lipinski definition) is 5. The summed E-state index contributed by atoms with van der Waals surface area (Å²) in [7, 11) is -0.487. The van der Waals surface area contributed by atoms with Gasteiger partial charge in [-0.3, -0.25) is 4.79 Å². The Morgan fingerprint density at radius 3 is 2.42 bits per heavy atom. The zero-order valence-corrected chi connectivity index (χ0v) is 19.8. The monoisotopic (exact) mass is 430 g/mol. The number of carbonyl (C=O) groups is 2. The van der Waals surface area contributed by atoms with Crippen molar-refractivity contribution >= 4 is 30.3 Å². The topological polar surface area (TPSA) is 77.1 Å². The van der Waals surface area contributed by atoms with E-state index >= 15 is 0 Å². The standard InChI is InChI=1S/C23H35BN2O5/c1-21(2,3)29-20(28)26-13-9-10-16(15-26)19(27)25-18-12-8-11-17(14-18)24-30-22(4,5)23(6,7)31-24/h8,11-12,14,16H,9-10,13,15H2,1-7H3,(H,25,27)/t16-/m1/s1. The number of nitrogens with zero attached hydrogens (tertiary/aromatic N) is 1. The number of ether oxygens (including phenoxy) is 1. The zero-order valence-electron chi connectivity index (χ0n) is 19.8. The Morgan fingerprint density at radius 2 is 1.81 bits per heavy atom. The predicted octanol–water partition coefficient (Wildman–Crippen LogP) is 3.57. The van der Waals surface area contributed by atoms with Crippen LogP contribution in [0.25, 0.3) is 0 Å². The third kappa shape index (κ3) is 5.60. The lowest BCUT2D eigenvalue weighted by molar-refractivity contribution is -0.121. The summed E-state index contributed by atoms with van der Waals surface area (Å²) < 4.78 is 17.7. The number of anilines is 1. The molecule has 0 aromatic heterocycles. The summed E-state index contributed by atoms with van der Waals surface area (Å²) in [6.07, 6.45) is 1.14. The SMILES string of the molecule is CC(C)(C)OC(=O)N1CCC[C@@H](C(=O)Nc2cccc(B3OC(C)(C)C(C)(C)O3)c2)C1. The molecule has 8 heteroatoms. The van der Waals surface area contributed by atoms with Crippen LogP contribution in [0, 0.1) is 5.92 Å². The van der Waals surface area contributed by atoms with E-state index in [9.17, 15) is 9.59 Å². The van der Waals surface area contributed by atoms with Crippen molar-refractivity contribution in [3.8, 4) is 0 Å². The molecular weight excluding hydrogens is 395 g/mol. The first kappa shape index (κ1) is 23.6. The second-order valence-corrected chi connectivity index (χ2v) is 10.5. The van der Waals surface area contributed by atoms with E-state index < -0.39 is 23.9 Å². The fraction of sp³-hybridized carbons (Fsp3) is 0.652. The van der Waals surface area contributed by atoms with Crippen LogP contribution in [-0.4, -0.2) is 53.9 Å². The van der Waals surface area contributed by atoms with Crippen LogP contribution in [-0.2, 0) is 18.8 Å². The third-order valence-corrected chi connectivity index (χ3v) is 6.12. The van der Waals surface area contributed by atoms with E-state index in [-0.39, 0.29) is 17.9 Å². The van der Waals surface area contributed by atoms with Crippen molar-refractivity contribution in [3.63, 3.8) is 0 Å². The molecule has 2 heterocycles. The Balaban J connectivity index is 1.63. The van der Waals surface area contributed by atoms with E-state index in [2.05, 4.69) is 5.32 Å². The first-order valence-corrected chi connectivity index (χ1v) is 11.0. The smallest absolute Gasteiger partial charge is 0.444 e. The maximum absolute atomic E-state index is 12.9. The lowest BCUT2D eigenvalue weighted by Gasteiger charge is -2.33. The second-order valence-electron chi connectivity index (χ2n) is 10.5. The van der Waals surface area contributed by atoms with Crippen molar-refractivity contribution in [2.75, 3.05) is 18.4 Å². The summed E-state index contributed by atoms with van der Waals surface area (Å²) in [5.74, 6) is -0.374. The van der Waals surface area contributed by atoms with Crippen LogP contribution in [0.4, 0.5) is 10.5 Å². The van der Waals surface area contributed by atoms with Gasteiger partial charge >= 0.3 is 13.2 Å². The molecule has 2 aliphatic heterocycles. The van der Waals surface area contributed by atoms with E-state index in [0.29, 0.717) is 18.8 Å². The highest BCUT2D eigenvalue weighted by Crippen LogP contribution is 2.36. The van der Waals surface area contributed by atoms with E-state index in [4.69, 9.17) is 14.0 Å². The highest BCUT2D eigenvalue weighted by Gasteiger charge is 2.51. The Bertz CT molecular complexity index is 818. The van der Waals surface area contributed by atoms with Crippen LogP contribution in [0.3, 0.4) is 0 Å². The van der Waals surface area contributed by atoms with Gasteiger partial charge in [0.15, 0.2) is 0 Å². The fourth-order valence-corrected chi connectivity index (χ4v) is 3.67. The molecule has 2 aliphatic rings. The normalized spacial score (nSPS) is 22.9. The molecule has 3 rings (SSSR count). The van der Waals surface area contributed by atoms with Crippen LogP contribution in [0.5, 0.6) is 0 Å². The average Bonchev–Trinajstić information content (AvgIpc) is 2.88. The van der Waals surface area contributed by atoms with Crippen LogP contribution >= 0.6 is 0 Å². The third-order valence-electron chi connectivity index (χ3n) is 6.12. The lowest BCUT2D eigenvalue weighted by Crippen LogP contribution is -2.45. The quantitative estimate of drug-likeness (QED) is 0.742. The van der Waals surface area contributed by atoms with Gasteiger partial charge in [-0.15, -0.1) is 0 Å². The minimum absolute atomic E-state index is 0.0978. The molecule has 7 nitrogen and oxygen atoms in total. The van der Waals surface area contributed by atoms with Gasteiger partial charge in [-0.25, -0.2) is 4.79 Å². The molecule has 2 amide bonds. The number of rotatable bonds is 3. The number of benzene rings is 1. The summed E-state index contributed by atoms with van der Waals surface area (Å²) in [4.78, 5) is 26.9. The largest absolute Gasteiger partial charge is 0.494 e. The Hall–Kier alpha value is -2.06. The summed E-state index contributed by atoms with van der Waals surface area (Å²) in [5, 5.41) is 3.00. The van der Waals surface area contributed by atoms with Gasteiger partial charge in [0.1, 0.15) is 5.60 Å². The molecule has 31 heavy (non-hydrogen) atoms. The molecule has 170 valence electrons. The molecule has 0 saturated carbocycles. The number of nitrogens with one attached hydrogen (secondary N) is 1. The van der Waals surface area contributed by atoms with Crippen molar-refractivity contribution in [1.29, 1.82) is 0 Å². The van der Waals surface area contributed by atoms with Crippen LogP contribution in [0.15, 0.2) is 24.3 Å². The summed E-state index contributed by atoms with van der Waals surface area (Å²) in [5.41, 5.74) is 0.135. The molecule has 0 radical (unpaired) electrons. The molecule has 1 aromatic rings. The van der Waals surface area contributed by atoms with Crippen molar-refractivity contribution in [3.05, 3.63) is 24.3 Å². The number of amides is 2. The van der Waals surface area contributed by atoms with Gasteiger partial charge in [0.05, 0.1) is 17.1 Å². The van der Waals surface area contributed by atoms with Crippen LogP contribution < -0.4 is 10.8 Å². The van der Waals surface area contributed by atoms with E-state index in [1.54, 1.807) is 4.90 Å². The van der Waals surface area contributed by atoms with Crippen molar-refractivity contribution in [2.24, 2.45) is 5.92 Å². The molecule has 2 saturated heterocycles. The summed E-state index contributed by atoms with van der Waals surface area (Å²) >= 11 is 0. The number of carbonyl (C=O) groups excluding carboxylic acids is 2. The number of piperidine rings is 1. The molecule has 1 aromatic carbocycles. The molecule has 1 atom stereocenters. The first-order chi connectivity index (χ1) is 14.3. The van der Waals surface area contributed by atoms with Gasteiger partial charge in [0, 0.05) is 18.8 Å². The van der Waals surface area contributed by atoms with E-state index in [1.807, 2.05) is 72.7 Å². The van der Waals surface area contributed by atoms with Crippen molar-refractivity contribution in [1.82, 2.24) is 4.90 Å².